The zero-order chi connectivity index (χ0) is 16.9. The number of aliphatic hydroxyl groups is 1. The number of hydrogen-bond donors (Lipinski definition) is 2. The molecule has 2 N–H and O–H groups in total. The molecule has 0 amide bonds. The Balaban J connectivity index is 2.46. The predicted molar refractivity (Wildman–Crippen MR) is 72.1 cm³/mol. The first kappa shape index (κ1) is 17.1. The van der Waals surface area contributed by atoms with Crippen molar-refractivity contribution in [2.24, 2.45) is 0 Å². The molecule has 1 aliphatic carbocycles. The van der Waals surface area contributed by atoms with Gasteiger partial charge in [-0.3, -0.25) is 4.79 Å². The van der Waals surface area contributed by atoms with Crippen LogP contribution in [0.5, 0.6) is 0 Å². The van der Waals surface area contributed by atoms with Crippen molar-refractivity contribution in [2.45, 2.75) is 18.5 Å². The molecule has 0 heterocycles. The van der Waals surface area contributed by atoms with Gasteiger partial charge in [0.2, 0.25) is 5.78 Å². The lowest BCUT2D eigenvalue weighted by Gasteiger charge is -2.25. The van der Waals surface area contributed by atoms with Gasteiger partial charge in [-0.05, 0) is 40.8 Å². The molecule has 0 saturated heterocycles. The van der Waals surface area contributed by atoms with Crippen LogP contribution in [0, 0.1) is 0 Å². The maximum absolute atomic E-state index is 12.7. The van der Waals surface area contributed by atoms with Crippen LogP contribution in [0.2, 0.25) is 0 Å². The largest absolute Gasteiger partial charge is 0.416 e. The molecule has 10 heteroatoms. The molecule has 120 valence electrons. The fourth-order valence-corrected chi connectivity index (χ4v) is 2.40. The second-order valence-electron chi connectivity index (χ2n) is 4.41. The van der Waals surface area contributed by atoms with Gasteiger partial charge in [-0.1, -0.05) is 0 Å². The molecule has 0 fully saturated rings. The van der Waals surface area contributed by atoms with Gasteiger partial charge < -0.3 is 10.4 Å². The molecular weight excluding hydrogens is 431 g/mol. The zero-order valence-corrected chi connectivity index (χ0v) is 12.5. The summed E-state index contributed by atoms with van der Waals surface area (Å²) in [6.45, 7) is 0. The van der Waals surface area contributed by atoms with Gasteiger partial charge in [-0.25, -0.2) is 0 Å². The van der Waals surface area contributed by atoms with Gasteiger partial charge in [-0.2, -0.15) is 26.3 Å². The Morgan fingerprint density at radius 3 is 1.82 bits per heavy atom. The van der Waals surface area contributed by atoms with Crippen LogP contribution in [0.15, 0.2) is 27.5 Å². The number of alkyl halides is 6. The third-order valence-corrected chi connectivity index (χ3v) is 3.96. The molecule has 0 radical (unpaired) electrons. The minimum absolute atomic E-state index is 0.0119. The maximum atomic E-state index is 12.7. The van der Waals surface area contributed by atoms with Crippen molar-refractivity contribution in [3.63, 3.8) is 0 Å². The van der Waals surface area contributed by atoms with E-state index in [9.17, 15) is 36.2 Å². The molecule has 1 aliphatic rings. The number of aliphatic hydroxyl groups excluding tert-OH is 1. The van der Waals surface area contributed by atoms with Crippen molar-refractivity contribution in [1.29, 1.82) is 0 Å². The van der Waals surface area contributed by atoms with Gasteiger partial charge in [0, 0.05) is 5.69 Å². The third kappa shape index (κ3) is 3.21. The highest BCUT2D eigenvalue weighted by Crippen LogP contribution is 2.39. The van der Waals surface area contributed by atoms with E-state index in [0.29, 0.717) is 12.1 Å². The molecule has 0 aliphatic heterocycles. The first-order valence-electron chi connectivity index (χ1n) is 5.59. The summed E-state index contributed by atoms with van der Waals surface area (Å²) in [6, 6.07) is 0.913. The van der Waals surface area contributed by atoms with Gasteiger partial charge >= 0.3 is 12.4 Å². The first-order valence-corrected chi connectivity index (χ1v) is 6.67. The molecule has 0 spiro atoms. The highest BCUT2D eigenvalue weighted by atomic mass is 127. The molecule has 2 rings (SSSR count). The minimum Gasteiger partial charge on any atom is -0.380 e. The van der Waals surface area contributed by atoms with Crippen LogP contribution in [-0.4, -0.2) is 17.0 Å². The van der Waals surface area contributed by atoms with Gasteiger partial charge in [-0.15, -0.1) is 0 Å². The standard InChI is InChI=1S/C12H6F6INO2/c13-11(14,15)4-1-5(12(16,17)18)3-6(2-4)20-8-7(19)9(21)10(8)22/h1-3,9,20-21H. The molecule has 0 bridgehead atoms. The monoisotopic (exact) mass is 437 g/mol. The van der Waals surface area contributed by atoms with E-state index < -0.39 is 41.1 Å². The fourth-order valence-electron chi connectivity index (χ4n) is 1.72. The Hall–Kier alpha value is -1.30. The quantitative estimate of drug-likeness (QED) is 0.548. The fraction of sp³-hybridized carbons (Fsp3) is 0.250. The number of Topliss-reactive ketones (excluding diaryl/α,β-unsaturated/α-hetero) is 1. The smallest absolute Gasteiger partial charge is 0.380 e. The molecule has 1 atom stereocenters. The Labute approximate surface area is 133 Å². The van der Waals surface area contributed by atoms with Crippen LogP contribution in [0.1, 0.15) is 11.1 Å². The molecule has 0 aromatic heterocycles. The van der Waals surface area contributed by atoms with E-state index >= 15 is 0 Å². The first-order chi connectivity index (χ1) is 9.91. The molecule has 22 heavy (non-hydrogen) atoms. The second-order valence-corrected chi connectivity index (χ2v) is 5.57. The lowest BCUT2D eigenvalue weighted by atomic mass is 9.99. The second kappa shape index (κ2) is 5.41. The lowest BCUT2D eigenvalue weighted by Crippen LogP contribution is -2.37. The molecule has 1 aromatic rings. The van der Waals surface area contributed by atoms with Crippen molar-refractivity contribution in [3.05, 3.63) is 38.6 Å². The van der Waals surface area contributed by atoms with Crippen molar-refractivity contribution in [1.82, 2.24) is 0 Å². The summed E-state index contributed by atoms with van der Waals surface area (Å²) in [6.07, 6.45) is -11.3. The Kier molecular flexibility index (Phi) is 4.19. The number of anilines is 1. The molecule has 1 unspecified atom stereocenters. The predicted octanol–water partition coefficient (Wildman–Crippen LogP) is 3.73. The maximum Gasteiger partial charge on any atom is 0.416 e. The van der Waals surface area contributed by atoms with Crippen molar-refractivity contribution < 1.29 is 36.2 Å². The average Bonchev–Trinajstić information content (AvgIpc) is 2.41. The summed E-state index contributed by atoms with van der Waals surface area (Å²) >= 11 is 1.57. The number of ketones is 1. The van der Waals surface area contributed by atoms with Gasteiger partial charge in [0.1, 0.15) is 0 Å². The third-order valence-electron chi connectivity index (χ3n) is 2.83. The Morgan fingerprint density at radius 2 is 1.45 bits per heavy atom. The summed E-state index contributed by atoms with van der Waals surface area (Å²) in [7, 11) is 0. The topological polar surface area (TPSA) is 49.3 Å². The van der Waals surface area contributed by atoms with E-state index in [1.807, 2.05) is 0 Å². The van der Waals surface area contributed by atoms with Crippen LogP contribution in [-0.2, 0) is 17.1 Å². The summed E-state index contributed by atoms with van der Waals surface area (Å²) < 4.78 is 76.1. The average molecular weight is 437 g/mol. The highest BCUT2D eigenvalue weighted by Gasteiger charge is 2.39. The number of hydrogen-bond acceptors (Lipinski definition) is 3. The molecule has 0 saturated carbocycles. The number of benzene rings is 1. The summed E-state index contributed by atoms with van der Waals surface area (Å²) in [5.41, 5.74) is -3.74. The lowest BCUT2D eigenvalue weighted by molar-refractivity contribution is -0.143. The van der Waals surface area contributed by atoms with Crippen LogP contribution in [0.4, 0.5) is 32.0 Å². The Morgan fingerprint density at radius 1 is 1.00 bits per heavy atom. The number of rotatable bonds is 2. The molecule has 3 nitrogen and oxygen atoms in total. The van der Waals surface area contributed by atoms with Crippen LogP contribution < -0.4 is 5.32 Å². The number of carbonyl (C=O) groups excluding carboxylic acids is 1. The highest BCUT2D eigenvalue weighted by molar-refractivity contribution is 14.1. The van der Waals surface area contributed by atoms with E-state index in [1.54, 1.807) is 22.6 Å². The van der Waals surface area contributed by atoms with Gasteiger partial charge in [0.05, 0.1) is 20.4 Å². The molecule has 1 aromatic carbocycles. The number of nitrogens with one attached hydrogen (secondary N) is 1. The van der Waals surface area contributed by atoms with Crippen molar-refractivity contribution >= 4 is 34.1 Å². The Bertz CT molecular complexity index is 632. The van der Waals surface area contributed by atoms with E-state index in [1.165, 1.54) is 0 Å². The van der Waals surface area contributed by atoms with Crippen LogP contribution in [0.25, 0.3) is 0 Å². The normalized spacial score (nSPS) is 19.3. The van der Waals surface area contributed by atoms with Crippen molar-refractivity contribution in [2.75, 3.05) is 5.32 Å². The van der Waals surface area contributed by atoms with E-state index in [-0.39, 0.29) is 15.3 Å². The van der Waals surface area contributed by atoms with E-state index in [0.717, 1.165) is 0 Å². The molecular formula is C12H6F6INO2. The van der Waals surface area contributed by atoms with Crippen LogP contribution in [0.3, 0.4) is 0 Å². The van der Waals surface area contributed by atoms with Crippen molar-refractivity contribution in [3.8, 4) is 0 Å². The number of halogens is 7. The van der Waals surface area contributed by atoms with E-state index in [2.05, 4.69) is 5.32 Å². The minimum atomic E-state index is -4.97. The van der Waals surface area contributed by atoms with E-state index in [4.69, 9.17) is 0 Å². The number of carbonyl (C=O) groups is 1. The zero-order valence-electron chi connectivity index (χ0n) is 10.3. The van der Waals surface area contributed by atoms with Gasteiger partial charge in [0.25, 0.3) is 0 Å². The summed E-state index contributed by atoms with van der Waals surface area (Å²) in [5, 5.41) is 11.4. The SMILES string of the molecule is O=C1C(Nc2cc(C(F)(F)F)cc(C(F)(F)F)c2)=C(I)C1O. The summed E-state index contributed by atoms with van der Waals surface area (Å²) in [4.78, 5) is 11.3. The van der Waals surface area contributed by atoms with Crippen LogP contribution >= 0.6 is 22.6 Å². The van der Waals surface area contributed by atoms with Gasteiger partial charge in [0.15, 0.2) is 6.10 Å². The summed E-state index contributed by atoms with van der Waals surface area (Å²) in [5.74, 6) is -0.796.